The van der Waals surface area contributed by atoms with Crippen LogP contribution in [0.1, 0.15) is 65.2 Å². The molecule has 0 unspecified atom stereocenters. The quantitative estimate of drug-likeness (QED) is 0.555. The molecule has 1 heterocycles. The van der Waals surface area contributed by atoms with E-state index < -0.39 is 24.7 Å². The van der Waals surface area contributed by atoms with Crippen molar-refractivity contribution in [3.8, 4) is 0 Å². The molecule has 0 spiro atoms. The van der Waals surface area contributed by atoms with Crippen molar-refractivity contribution in [1.29, 1.82) is 0 Å². The third kappa shape index (κ3) is 5.50. The second-order valence-electron chi connectivity index (χ2n) is 11.5. The van der Waals surface area contributed by atoms with Gasteiger partial charge in [0.2, 0.25) is 0 Å². The van der Waals surface area contributed by atoms with Gasteiger partial charge in [0.25, 0.3) is 6.43 Å². The normalized spacial score (nSPS) is 40.8. The van der Waals surface area contributed by atoms with Gasteiger partial charge >= 0.3 is 0 Å². The first-order valence-corrected chi connectivity index (χ1v) is 13.3. The van der Waals surface area contributed by atoms with Gasteiger partial charge in [-0.2, -0.15) is 0 Å². The number of aliphatic hydroxyl groups excluding tert-OH is 2. The third-order valence-corrected chi connectivity index (χ3v) is 9.35. The van der Waals surface area contributed by atoms with E-state index in [-0.39, 0.29) is 5.41 Å². The fraction of sp³-hybridized carbons (Fsp3) is 0.786. The molecule has 0 amide bonds. The van der Waals surface area contributed by atoms with E-state index >= 15 is 0 Å². The smallest absolute Gasteiger partial charge is 0.265 e. The van der Waals surface area contributed by atoms with Gasteiger partial charge in [0.05, 0.1) is 18.8 Å². The SMILES string of the molecule is C=C1/C(=C\C=C2/CCC[C@]3(C)[C@@H]([C@H](C)CCN4CCO[C@H](C(F)F)C4)CC[C@@H]23)C[C@@H](O)C[C@@H]1O. The van der Waals surface area contributed by atoms with Crippen LogP contribution in [-0.4, -0.2) is 66.1 Å². The zero-order valence-electron chi connectivity index (χ0n) is 20.9. The first kappa shape index (κ1) is 26.0. The zero-order valence-corrected chi connectivity index (χ0v) is 20.9. The van der Waals surface area contributed by atoms with E-state index in [9.17, 15) is 19.0 Å². The fourth-order valence-electron chi connectivity index (χ4n) is 7.35. The Morgan fingerprint density at radius 3 is 2.82 bits per heavy atom. The molecule has 2 N–H and O–H groups in total. The Labute approximate surface area is 203 Å². The van der Waals surface area contributed by atoms with E-state index in [1.54, 1.807) is 0 Å². The fourth-order valence-corrected chi connectivity index (χ4v) is 7.35. The molecule has 34 heavy (non-hydrogen) atoms. The van der Waals surface area contributed by atoms with Gasteiger partial charge in [0, 0.05) is 19.5 Å². The number of alkyl halides is 2. The van der Waals surface area contributed by atoms with Crippen molar-refractivity contribution < 1.29 is 23.7 Å². The molecule has 0 radical (unpaired) electrons. The summed E-state index contributed by atoms with van der Waals surface area (Å²) in [4.78, 5) is 2.16. The lowest BCUT2D eigenvalue weighted by Gasteiger charge is -2.45. The zero-order chi connectivity index (χ0) is 24.5. The summed E-state index contributed by atoms with van der Waals surface area (Å²) in [5.74, 6) is 1.78. The van der Waals surface area contributed by atoms with Crippen molar-refractivity contribution in [2.75, 3.05) is 26.2 Å². The topological polar surface area (TPSA) is 52.9 Å². The number of halogens is 2. The minimum absolute atomic E-state index is 0.279. The second-order valence-corrected chi connectivity index (χ2v) is 11.5. The van der Waals surface area contributed by atoms with E-state index in [2.05, 4.69) is 37.5 Å². The molecule has 4 nitrogen and oxygen atoms in total. The summed E-state index contributed by atoms with van der Waals surface area (Å²) >= 11 is 0. The largest absolute Gasteiger partial charge is 0.393 e. The van der Waals surface area contributed by atoms with Gasteiger partial charge in [0.1, 0.15) is 6.10 Å². The van der Waals surface area contributed by atoms with Crippen molar-refractivity contribution in [2.24, 2.45) is 23.2 Å². The molecule has 4 rings (SSSR count). The number of hydrogen-bond acceptors (Lipinski definition) is 4. The van der Waals surface area contributed by atoms with Crippen molar-refractivity contribution in [1.82, 2.24) is 4.90 Å². The van der Waals surface area contributed by atoms with Crippen LogP contribution in [0.15, 0.2) is 35.5 Å². The van der Waals surface area contributed by atoms with Gasteiger partial charge in [-0.05, 0) is 85.8 Å². The Bertz CT molecular complexity index is 797. The standard InChI is InChI=1S/C28H43F2NO3/c1-18(10-12-31-13-14-34-26(17-31)27(29)30)23-8-9-24-20(5-4-11-28(23,24)3)6-7-21-15-22(32)16-25(33)19(21)2/h6-7,18,22-27,32-33H,2,4-5,8-17H2,1,3H3/b20-6+,21-7-/t18-,22-,23-,24+,25+,26+,28-/m1/s1. The highest BCUT2D eigenvalue weighted by atomic mass is 19.3. The summed E-state index contributed by atoms with van der Waals surface area (Å²) in [5.41, 5.74) is 3.50. The number of rotatable bonds is 6. The van der Waals surface area contributed by atoms with Crippen LogP contribution in [0.3, 0.4) is 0 Å². The number of morpholine rings is 1. The van der Waals surface area contributed by atoms with Crippen LogP contribution in [-0.2, 0) is 4.74 Å². The van der Waals surface area contributed by atoms with Crippen LogP contribution in [0.4, 0.5) is 8.78 Å². The molecule has 1 saturated heterocycles. The molecule has 7 atom stereocenters. The minimum atomic E-state index is -2.41. The number of nitrogens with zero attached hydrogens (tertiary/aromatic N) is 1. The van der Waals surface area contributed by atoms with Crippen molar-refractivity contribution in [3.05, 3.63) is 35.5 Å². The summed E-state index contributed by atoms with van der Waals surface area (Å²) in [6.45, 7) is 11.2. The summed E-state index contributed by atoms with van der Waals surface area (Å²) in [5, 5.41) is 20.2. The van der Waals surface area contributed by atoms with E-state index in [0.717, 1.165) is 37.1 Å². The lowest BCUT2D eigenvalue weighted by atomic mass is 9.61. The van der Waals surface area contributed by atoms with E-state index in [1.807, 2.05) is 0 Å². The van der Waals surface area contributed by atoms with E-state index in [4.69, 9.17) is 4.74 Å². The van der Waals surface area contributed by atoms with Crippen LogP contribution >= 0.6 is 0 Å². The first-order chi connectivity index (χ1) is 16.2. The average molecular weight is 480 g/mol. The Morgan fingerprint density at radius 2 is 2.06 bits per heavy atom. The summed E-state index contributed by atoms with van der Waals surface area (Å²) in [6.07, 6.45) is 7.83. The Morgan fingerprint density at radius 1 is 1.26 bits per heavy atom. The molecule has 0 aromatic rings. The molecule has 192 valence electrons. The second kappa shape index (κ2) is 10.9. The highest BCUT2D eigenvalue weighted by molar-refractivity contribution is 5.38. The molecule has 6 heteroatoms. The van der Waals surface area contributed by atoms with Crippen molar-refractivity contribution in [3.63, 3.8) is 0 Å². The molecular formula is C28H43F2NO3. The van der Waals surface area contributed by atoms with Gasteiger partial charge in [-0.25, -0.2) is 8.78 Å². The van der Waals surface area contributed by atoms with Crippen LogP contribution in [0.2, 0.25) is 0 Å². The predicted molar refractivity (Wildman–Crippen MR) is 131 cm³/mol. The van der Waals surface area contributed by atoms with Crippen LogP contribution < -0.4 is 0 Å². The molecule has 3 aliphatic carbocycles. The molecular weight excluding hydrogens is 436 g/mol. The number of hydrogen-bond donors (Lipinski definition) is 2. The van der Waals surface area contributed by atoms with Gasteiger partial charge in [-0.3, -0.25) is 4.90 Å². The number of ether oxygens (including phenoxy) is 1. The Kier molecular flexibility index (Phi) is 8.33. The molecule has 4 aliphatic rings. The van der Waals surface area contributed by atoms with Crippen LogP contribution in [0.5, 0.6) is 0 Å². The molecule has 4 fully saturated rings. The monoisotopic (exact) mass is 479 g/mol. The molecule has 1 aliphatic heterocycles. The number of aliphatic hydroxyl groups is 2. The maximum Gasteiger partial charge on any atom is 0.265 e. The molecule has 0 bridgehead atoms. The molecule has 3 saturated carbocycles. The van der Waals surface area contributed by atoms with Crippen molar-refractivity contribution in [2.45, 2.75) is 90.0 Å². The predicted octanol–water partition coefficient (Wildman–Crippen LogP) is 5.12. The van der Waals surface area contributed by atoms with Gasteiger partial charge in [0.15, 0.2) is 0 Å². The number of fused-ring (bicyclic) bond motifs is 1. The lowest BCUT2D eigenvalue weighted by Crippen LogP contribution is -2.46. The van der Waals surface area contributed by atoms with Crippen molar-refractivity contribution >= 4 is 0 Å². The lowest BCUT2D eigenvalue weighted by molar-refractivity contribution is -0.103. The highest BCUT2D eigenvalue weighted by Gasteiger charge is 2.50. The summed E-state index contributed by atoms with van der Waals surface area (Å²) < 4.78 is 31.3. The maximum absolute atomic E-state index is 13.1. The van der Waals surface area contributed by atoms with Crippen LogP contribution in [0.25, 0.3) is 0 Å². The summed E-state index contributed by atoms with van der Waals surface area (Å²) in [6, 6.07) is 0. The van der Waals surface area contributed by atoms with E-state index in [0.29, 0.717) is 43.7 Å². The van der Waals surface area contributed by atoms with Gasteiger partial charge in [-0.15, -0.1) is 0 Å². The molecule has 0 aromatic carbocycles. The minimum Gasteiger partial charge on any atom is -0.393 e. The Hall–Kier alpha value is -1.08. The summed E-state index contributed by atoms with van der Waals surface area (Å²) in [7, 11) is 0. The Balaban J connectivity index is 1.39. The molecule has 0 aromatic heterocycles. The third-order valence-electron chi connectivity index (χ3n) is 9.35. The maximum atomic E-state index is 13.1. The average Bonchev–Trinajstić information content (AvgIpc) is 3.16. The number of allylic oxidation sites excluding steroid dienone is 3. The van der Waals surface area contributed by atoms with E-state index in [1.165, 1.54) is 31.3 Å². The first-order valence-electron chi connectivity index (χ1n) is 13.3. The highest BCUT2D eigenvalue weighted by Crippen LogP contribution is 2.59. The van der Waals surface area contributed by atoms with Gasteiger partial charge < -0.3 is 14.9 Å². The van der Waals surface area contributed by atoms with Crippen LogP contribution in [0, 0.1) is 23.2 Å². The van der Waals surface area contributed by atoms with Gasteiger partial charge in [-0.1, -0.05) is 38.2 Å².